The van der Waals surface area contributed by atoms with Crippen molar-refractivity contribution in [2.24, 2.45) is 5.41 Å². The van der Waals surface area contributed by atoms with Crippen LogP contribution in [0.25, 0.3) is 22.5 Å². The van der Waals surface area contributed by atoms with Crippen LogP contribution in [0.1, 0.15) is 38.8 Å². The number of unbranched alkanes of at least 4 members (excludes halogenated alkanes) is 1. The number of H-pyrrole nitrogens is 1. The van der Waals surface area contributed by atoms with Crippen LogP contribution in [-0.4, -0.2) is 40.6 Å². The number of ether oxygens (including phenoxy) is 2. The third-order valence-corrected chi connectivity index (χ3v) is 5.50. The average Bonchev–Trinajstić information content (AvgIpc) is 3.26. The maximum absolute atomic E-state index is 13.4. The number of nitrogens with one attached hydrogen (secondary N) is 2. The number of imidazole rings is 1. The van der Waals surface area contributed by atoms with Crippen molar-refractivity contribution in [3.63, 3.8) is 0 Å². The van der Waals surface area contributed by atoms with Gasteiger partial charge in [-0.2, -0.15) is 0 Å². The molecule has 1 fully saturated rings. The lowest BCUT2D eigenvalue weighted by molar-refractivity contribution is -0.231. The van der Waals surface area contributed by atoms with Crippen LogP contribution in [0.5, 0.6) is 0 Å². The molecule has 1 aliphatic rings. The van der Waals surface area contributed by atoms with E-state index in [-0.39, 0.29) is 24.9 Å². The lowest BCUT2D eigenvalue weighted by Gasteiger charge is -2.35. The second-order valence-corrected chi connectivity index (χ2v) is 8.21. The molecule has 0 radical (unpaired) electrons. The molecule has 0 atom stereocenters. The molecule has 3 aromatic rings. The lowest BCUT2D eigenvalue weighted by Crippen LogP contribution is -2.48. The second kappa shape index (κ2) is 9.58. The number of rotatable bonds is 7. The molecule has 2 aromatic heterocycles. The Balaban J connectivity index is 1.56. The van der Waals surface area contributed by atoms with Crippen LogP contribution in [0, 0.1) is 11.2 Å². The van der Waals surface area contributed by atoms with Gasteiger partial charge in [0.1, 0.15) is 5.82 Å². The molecule has 3 heterocycles. The van der Waals surface area contributed by atoms with Crippen molar-refractivity contribution in [3.05, 3.63) is 60.4 Å². The van der Waals surface area contributed by atoms with Crippen LogP contribution in [-0.2, 0) is 14.3 Å². The number of hydrogen-bond acceptors (Lipinski definition) is 5. The minimum atomic E-state index is -0.759. The summed E-state index contributed by atoms with van der Waals surface area (Å²) < 4.78 is 25.3. The van der Waals surface area contributed by atoms with E-state index in [4.69, 9.17) is 14.5 Å². The van der Waals surface area contributed by atoms with E-state index in [0.717, 1.165) is 29.7 Å². The van der Waals surface area contributed by atoms with E-state index >= 15 is 0 Å². The Kier molecular flexibility index (Phi) is 6.62. The average molecular weight is 439 g/mol. The number of hydrogen-bond donors (Lipinski definition) is 2. The highest BCUT2D eigenvalue weighted by atomic mass is 19.1. The number of amides is 1. The molecule has 8 heteroatoms. The summed E-state index contributed by atoms with van der Waals surface area (Å²) in [5, 5.41) is 2.95. The summed E-state index contributed by atoms with van der Waals surface area (Å²) in [7, 11) is 0. The third kappa shape index (κ3) is 4.71. The van der Waals surface area contributed by atoms with E-state index in [1.165, 1.54) is 12.1 Å². The molecular weight excluding hydrogens is 411 g/mol. The van der Waals surface area contributed by atoms with Crippen molar-refractivity contribution in [2.75, 3.05) is 19.8 Å². The fourth-order valence-corrected chi connectivity index (χ4v) is 3.54. The van der Waals surface area contributed by atoms with Crippen molar-refractivity contribution in [1.29, 1.82) is 0 Å². The van der Waals surface area contributed by atoms with E-state index in [2.05, 4.69) is 22.2 Å². The molecule has 0 spiro atoms. The zero-order chi connectivity index (χ0) is 22.6. The van der Waals surface area contributed by atoms with Gasteiger partial charge in [0.05, 0.1) is 30.0 Å². The summed E-state index contributed by atoms with van der Waals surface area (Å²) in [6, 6.07) is 9.89. The molecule has 4 rings (SSSR count). The molecule has 7 nitrogen and oxygen atoms in total. The van der Waals surface area contributed by atoms with Gasteiger partial charge in [0, 0.05) is 30.1 Å². The number of carbonyl (C=O) groups excluding carboxylic acids is 1. The number of pyridine rings is 1. The normalized spacial score (nSPS) is 20.8. The molecule has 0 saturated carbocycles. The van der Waals surface area contributed by atoms with Gasteiger partial charge < -0.3 is 19.8 Å². The largest absolute Gasteiger partial charge is 0.355 e. The number of benzene rings is 1. The Morgan fingerprint density at radius 1 is 1.16 bits per heavy atom. The summed E-state index contributed by atoms with van der Waals surface area (Å²) in [4.78, 5) is 24.6. The van der Waals surface area contributed by atoms with Gasteiger partial charge in [-0.25, -0.2) is 9.37 Å². The maximum Gasteiger partial charge on any atom is 0.230 e. The predicted octanol–water partition coefficient (Wildman–Crippen LogP) is 4.25. The first-order valence-electron chi connectivity index (χ1n) is 10.8. The summed E-state index contributed by atoms with van der Waals surface area (Å²) in [5.41, 5.74) is 2.30. The summed E-state index contributed by atoms with van der Waals surface area (Å²) >= 11 is 0. The van der Waals surface area contributed by atoms with Crippen molar-refractivity contribution in [3.8, 4) is 22.5 Å². The highest BCUT2D eigenvalue weighted by molar-refractivity contribution is 5.82. The smallest absolute Gasteiger partial charge is 0.230 e. The second-order valence-electron chi connectivity index (χ2n) is 8.21. The standard InChI is InChI=1S/C24H27FN4O3/c1-3-4-11-27-23(30)24(2)14-31-22(32-15-24)21-28-19(16-5-7-18(25)8-6-16)20(29-21)17-9-12-26-13-10-17/h5-10,12-13,22H,3-4,11,14-15H2,1-2H3,(H,27,30)(H,28,29). The van der Waals surface area contributed by atoms with Gasteiger partial charge in [0.25, 0.3) is 0 Å². The van der Waals surface area contributed by atoms with Crippen LogP contribution >= 0.6 is 0 Å². The zero-order valence-corrected chi connectivity index (χ0v) is 18.2. The van der Waals surface area contributed by atoms with Crippen molar-refractivity contribution in [2.45, 2.75) is 33.0 Å². The van der Waals surface area contributed by atoms with E-state index in [1.54, 1.807) is 24.5 Å². The van der Waals surface area contributed by atoms with Gasteiger partial charge >= 0.3 is 0 Å². The topological polar surface area (TPSA) is 89.1 Å². The SMILES string of the molecule is CCCCNC(=O)C1(C)COC(c2nc(-c3ccc(F)cc3)c(-c3ccncc3)[nH]2)OC1. The Hall–Kier alpha value is -3.10. The molecule has 1 saturated heterocycles. The predicted molar refractivity (Wildman–Crippen MR) is 118 cm³/mol. The number of aromatic amines is 1. The fraction of sp³-hybridized carbons (Fsp3) is 0.375. The minimum Gasteiger partial charge on any atom is -0.355 e. The van der Waals surface area contributed by atoms with E-state index < -0.39 is 11.7 Å². The highest BCUT2D eigenvalue weighted by Gasteiger charge is 2.40. The van der Waals surface area contributed by atoms with Crippen LogP contribution < -0.4 is 5.32 Å². The van der Waals surface area contributed by atoms with E-state index in [0.29, 0.717) is 18.1 Å². The fourth-order valence-electron chi connectivity index (χ4n) is 3.54. The van der Waals surface area contributed by atoms with E-state index in [9.17, 15) is 9.18 Å². The number of carbonyl (C=O) groups is 1. The summed E-state index contributed by atoms with van der Waals surface area (Å²) in [6.45, 7) is 4.98. The molecule has 1 aliphatic heterocycles. The van der Waals surface area contributed by atoms with Gasteiger partial charge in [-0.1, -0.05) is 13.3 Å². The van der Waals surface area contributed by atoms with Crippen LogP contribution in [0.2, 0.25) is 0 Å². The quantitative estimate of drug-likeness (QED) is 0.539. The maximum atomic E-state index is 13.4. The molecule has 0 aliphatic carbocycles. The van der Waals surface area contributed by atoms with Crippen LogP contribution in [0.15, 0.2) is 48.8 Å². The van der Waals surface area contributed by atoms with Crippen molar-refractivity contribution in [1.82, 2.24) is 20.3 Å². The molecule has 1 amide bonds. The Morgan fingerprint density at radius 2 is 1.84 bits per heavy atom. The molecule has 0 bridgehead atoms. The zero-order valence-electron chi connectivity index (χ0n) is 18.2. The van der Waals surface area contributed by atoms with Crippen molar-refractivity contribution < 1.29 is 18.7 Å². The minimum absolute atomic E-state index is 0.0756. The molecule has 2 N–H and O–H groups in total. The highest BCUT2D eigenvalue weighted by Crippen LogP contribution is 2.35. The van der Waals surface area contributed by atoms with E-state index in [1.807, 2.05) is 19.1 Å². The monoisotopic (exact) mass is 438 g/mol. The third-order valence-electron chi connectivity index (χ3n) is 5.50. The molecule has 0 unspecified atom stereocenters. The molecular formula is C24H27FN4O3. The van der Waals surface area contributed by atoms with Crippen LogP contribution in [0.4, 0.5) is 4.39 Å². The van der Waals surface area contributed by atoms with Crippen LogP contribution in [0.3, 0.4) is 0 Å². The summed E-state index contributed by atoms with van der Waals surface area (Å²) in [6.07, 6.45) is 4.60. The lowest BCUT2D eigenvalue weighted by atomic mass is 9.91. The van der Waals surface area contributed by atoms with Gasteiger partial charge in [-0.05, 0) is 49.7 Å². The number of nitrogens with zero attached hydrogens (tertiary/aromatic N) is 2. The Bertz CT molecular complexity index is 1040. The first kappa shape index (κ1) is 22.1. The van der Waals surface area contributed by atoms with Gasteiger partial charge in [-0.3, -0.25) is 9.78 Å². The number of aromatic nitrogens is 3. The first-order valence-corrected chi connectivity index (χ1v) is 10.8. The first-order chi connectivity index (χ1) is 15.5. The number of halogens is 1. The Morgan fingerprint density at radius 3 is 2.50 bits per heavy atom. The van der Waals surface area contributed by atoms with Gasteiger partial charge in [-0.15, -0.1) is 0 Å². The molecule has 168 valence electrons. The Labute approximate surface area is 186 Å². The van der Waals surface area contributed by atoms with Crippen molar-refractivity contribution >= 4 is 5.91 Å². The molecule has 1 aromatic carbocycles. The van der Waals surface area contributed by atoms with Gasteiger partial charge in [0.15, 0.2) is 5.82 Å². The van der Waals surface area contributed by atoms with Gasteiger partial charge in [0.2, 0.25) is 12.2 Å². The summed E-state index contributed by atoms with van der Waals surface area (Å²) in [5.74, 6) is 0.100. The molecule has 32 heavy (non-hydrogen) atoms.